The van der Waals surface area contributed by atoms with Gasteiger partial charge in [-0.15, -0.1) is 0 Å². The molecule has 8 heteroatoms. The highest BCUT2D eigenvalue weighted by molar-refractivity contribution is 6.12. The number of carbonyl (C=O) groups excluding carboxylic acids is 2. The number of benzene rings is 1. The first-order valence-corrected chi connectivity index (χ1v) is 13.0. The molecule has 4 rings (SSSR count). The second-order valence-corrected chi connectivity index (χ2v) is 10.4. The van der Waals surface area contributed by atoms with E-state index in [1.807, 2.05) is 50.0 Å². The van der Waals surface area contributed by atoms with Crippen molar-refractivity contribution in [2.75, 3.05) is 27.2 Å². The third kappa shape index (κ3) is 4.67. The normalized spacial score (nSPS) is 19.3. The van der Waals surface area contributed by atoms with Crippen LogP contribution in [0.1, 0.15) is 42.7 Å². The Morgan fingerprint density at radius 1 is 1.19 bits per heavy atom. The van der Waals surface area contributed by atoms with Crippen LogP contribution in [0.5, 0.6) is 0 Å². The van der Waals surface area contributed by atoms with Crippen molar-refractivity contribution in [3.8, 4) is 11.4 Å². The second-order valence-electron chi connectivity index (χ2n) is 10.4. The first-order chi connectivity index (χ1) is 17.6. The number of aliphatic hydroxyl groups is 1. The van der Waals surface area contributed by atoms with Crippen LogP contribution in [0, 0.1) is 5.92 Å². The van der Waals surface area contributed by atoms with Crippen LogP contribution in [0.3, 0.4) is 0 Å². The van der Waals surface area contributed by atoms with Gasteiger partial charge in [-0.05, 0) is 54.5 Å². The maximum absolute atomic E-state index is 14.0. The lowest BCUT2D eigenvalue weighted by atomic mass is 9.94. The first-order valence-electron chi connectivity index (χ1n) is 13.0. The van der Waals surface area contributed by atoms with Gasteiger partial charge in [0.1, 0.15) is 6.54 Å². The molecule has 0 bridgehead atoms. The predicted molar refractivity (Wildman–Crippen MR) is 145 cm³/mol. The average Bonchev–Trinajstić information content (AvgIpc) is 3.16. The highest BCUT2D eigenvalue weighted by Gasteiger charge is 2.56. The van der Waals surface area contributed by atoms with E-state index in [9.17, 15) is 14.7 Å². The second kappa shape index (κ2) is 10.5. The Morgan fingerprint density at radius 3 is 2.62 bits per heavy atom. The number of imidazole rings is 1. The zero-order valence-electron chi connectivity index (χ0n) is 22.6. The molecule has 1 aliphatic carbocycles. The number of urea groups is 1. The van der Waals surface area contributed by atoms with E-state index in [0.29, 0.717) is 30.2 Å². The number of aryl methyl sites for hydroxylation is 1. The Morgan fingerprint density at radius 2 is 1.92 bits per heavy atom. The van der Waals surface area contributed by atoms with Crippen LogP contribution in [0.4, 0.5) is 10.6 Å². The van der Waals surface area contributed by atoms with Gasteiger partial charge in [-0.25, -0.2) is 14.3 Å². The molecule has 37 heavy (non-hydrogen) atoms. The molecule has 1 aromatic carbocycles. The minimum absolute atomic E-state index is 0.0903. The number of aromatic nitrogens is 2. The van der Waals surface area contributed by atoms with Gasteiger partial charge in [0, 0.05) is 18.8 Å². The number of rotatable bonds is 7. The Labute approximate surface area is 219 Å². The minimum atomic E-state index is -0.323. The van der Waals surface area contributed by atoms with Crippen molar-refractivity contribution in [1.82, 2.24) is 14.0 Å². The monoisotopic (exact) mass is 505 g/mol. The number of amides is 3. The Hall–Kier alpha value is -3.49. The molecule has 0 radical (unpaired) electrons. The quantitative estimate of drug-likeness (QED) is 0.446. The molecule has 1 atom stereocenters. The van der Waals surface area contributed by atoms with Crippen LogP contribution in [0.25, 0.3) is 11.4 Å². The van der Waals surface area contributed by atoms with E-state index in [4.69, 9.17) is 5.73 Å². The van der Waals surface area contributed by atoms with Gasteiger partial charge >= 0.3 is 17.8 Å². The summed E-state index contributed by atoms with van der Waals surface area (Å²) in [5.41, 5.74) is 10.7. The van der Waals surface area contributed by atoms with Crippen molar-refractivity contribution >= 4 is 17.8 Å². The fourth-order valence-corrected chi connectivity index (χ4v) is 5.45. The standard InChI is InChI=1S/C29H39N5O3/c1-6-21-12-7-8-14-24(21)26-31(3)27-25(28(36)32(17-10-18-35)29(37)34(27,4)5)33(26)19-22-15-16-23(30)13-9-11-20(22)2/h7-9,12-16,20,35H,6,10-11,17-19,30H2,1-5H3/q+2. The summed E-state index contributed by atoms with van der Waals surface area (Å²) in [7, 11) is 5.59. The van der Waals surface area contributed by atoms with Gasteiger partial charge in [0.15, 0.2) is 0 Å². The lowest BCUT2D eigenvalue weighted by Crippen LogP contribution is -2.62. The van der Waals surface area contributed by atoms with Crippen molar-refractivity contribution < 1.29 is 19.3 Å². The van der Waals surface area contributed by atoms with Gasteiger partial charge in [0.25, 0.3) is 11.5 Å². The number of nitrogens with two attached hydrogens (primary N) is 1. The molecule has 0 fully saturated rings. The molecule has 0 spiro atoms. The fraction of sp³-hybridized carbons (Fsp3) is 0.414. The molecule has 3 amide bonds. The summed E-state index contributed by atoms with van der Waals surface area (Å²) in [6.45, 7) is 4.88. The summed E-state index contributed by atoms with van der Waals surface area (Å²) in [6, 6.07) is 7.94. The van der Waals surface area contributed by atoms with Crippen LogP contribution in [-0.4, -0.2) is 53.8 Å². The van der Waals surface area contributed by atoms with E-state index in [0.717, 1.165) is 29.8 Å². The number of hydrogen-bond acceptors (Lipinski definition) is 4. The zero-order chi connectivity index (χ0) is 26.9. The third-order valence-corrected chi connectivity index (χ3v) is 7.50. The molecule has 0 saturated heterocycles. The Balaban J connectivity index is 2.01. The van der Waals surface area contributed by atoms with Crippen LogP contribution in [0.15, 0.2) is 59.8 Å². The number of imide groups is 1. The van der Waals surface area contributed by atoms with Crippen LogP contribution < -0.4 is 14.8 Å². The highest BCUT2D eigenvalue weighted by atomic mass is 16.3. The minimum Gasteiger partial charge on any atom is -0.399 e. The zero-order valence-corrected chi connectivity index (χ0v) is 22.6. The molecule has 1 unspecified atom stereocenters. The molecular formula is C29H39N5O3+2. The number of nitrogens with zero attached hydrogens (tertiary/aromatic N) is 4. The van der Waals surface area contributed by atoms with E-state index >= 15 is 0 Å². The van der Waals surface area contributed by atoms with Gasteiger partial charge in [-0.3, -0.25) is 4.79 Å². The van der Waals surface area contributed by atoms with Crippen molar-refractivity contribution in [1.29, 1.82) is 0 Å². The van der Waals surface area contributed by atoms with Crippen LogP contribution in [0.2, 0.25) is 0 Å². The number of fused-ring (bicyclic) bond motifs is 1. The van der Waals surface area contributed by atoms with E-state index < -0.39 is 0 Å². The fourth-order valence-electron chi connectivity index (χ4n) is 5.45. The lowest BCUT2D eigenvalue weighted by molar-refractivity contribution is -0.680. The highest BCUT2D eigenvalue weighted by Crippen LogP contribution is 2.36. The van der Waals surface area contributed by atoms with Crippen LogP contribution >= 0.6 is 0 Å². The number of aliphatic hydroxyl groups excluding tert-OH is 1. The maximum atomic E-state index is 14.0. The summed E-state index contributed by atoms with van der Waals surface area (Å²) in [5.74, 6) is 1.47. The smallest absolute Gasteiger partial charge is 0.399 e. The molecular weight excluding hydrogens is 466 g/mol. The van der Waals surface area contributed by atoms with Gasteiger partial charge in [0.2, 0.25) is 0 Å². The molecule has 0 saturated carbocycles. The Kier molecular flexibility index (Phi) is 7.52. The number of carbonyl (C=O) groups is 2. The maximum Gasteiger partial charge on any atom is 0.433 e. The topological polar surface area (TPSA) is 92.4 Å². The van der Waals surface area contributed by atoms with Crippen molar-refractivity contribution in [3.05, 3.63) is 71.1 Å². The van der Waals surface area contributed by atoms with E-state index in [1.54, 1.807) is 0 Å². The largest absolute Gasteiger partial charge is 0.433 e. The van der Waals surface area contributed by atoms with Crippen LogP contribution in [-0.2, 0) is 20.0 Å². The van der Waals surface area contributed by atoms with E-state index in [1.165, 1.54) is 10.5 Å². The number of hydrogen-bond donors (Lipinski definition) is 2. The Bertz CT molecular complexity index is 1320. The number of allylic oxidation sites excluding steroid dienone is 5. The van der Waals surface area contributed by atoms with Gasteiger partial charge in [-0.1, -0.05) is 44.2 Å². The summed E-state index contributed by atoms with van der Waals surface area (Å²) in [5, 5.41) is 9.43. The summed E-state index contributed by atoms with van der Waals surface area (Å²) in [6.07, 6.45) is 10.0. The summed E-state index contributed by atoms with van der Waals surface area (Å²) >= 11 is 0. The molecule has 3 N–H and O–H groups in total. The molecule has 2 heterocycles. The predicted octanol–water partition coefficient (Wildman–Crippen LogP) is 3.43. The molecule has 1 aromatic heterocycles. The van der Waals surface area contributed by atoms with Gasteiger partial charge in [0.05, 0.1) is 26.7 Å². The average molecular weight is 506 g/mol. The molecule has 2 aromatic rings. The van der Waals surface area contributed by atoms with Crippen molar-refractivity contribution in [2.24, 2.45) is 18.7 Å². The van der Waals surface area contributed by atoms with Gasteiger partial charge < -0.3 is 10.8 Å². The van der Waals surface area contributed by atoms with E-state index in [2.05, 4.69) is 42.7 Å². The SMILES string of the molecule is CCc1ccccc1-c1n(C)c2c([n+]1CC1=CC=C(N)C=CCC1C)C(=O)N(CCCO)C(=O)[N+]2(C)C. The summed E-state index contributed by atoms with van der Waals surface area (Å²) < 4.78 is 4.00. The third-order valence-electron chi connectivity index (χ3n) is 7.50. The van der Waals surface area contributed by atoms with Gasteiger partial charge in [-0.2, -0.15) is 9.05 Å². The molecule has 1 aliphatic heterocycles. The molecule has 2 aliphatic rings. The molecule has 196 valence electrons. The van der Waals surface area contributed by atoms with Crippen molar-refractivity contribution in [3.63, 3.8) is 0 Å². The summed E-state index contributed by atoms with van der Waals surface area (Å²) in [4.78, 5) is 28.9. The van der Waals surface area contributed by atoms with Crippen molar-refractivity contribution in [2.45, 2.75) is 39.7 Å². The number of quaternary nitrogens is 1. The first kappa shape index (κ1) is 26.6. The van der Waals surface area contributed by atoms with E-state index in [-0.39, 0.29) is 35.5 Å². The molecule has 8 nitrogen and oxygen atoms in total. The lowest BCUT2D eigenvalue weighted by Gasteiger charge is -2.32.